The molecule has 2 aliphatic heterocycles. The summed E-state index contributed by atoms with van der Waals surface area (Å²) in [4.78, 5) is 23.7. The molecule has 0 saturated carbocycles. The maximum Gasteiger partial charge on any atom is 0.311 e. The summed E-state index contributed by atoms with van der Waals surface area (Å²) >= 11 is 0. The van der Waals surface area contributed by atoms with Gasteiger partial charge in [-0.1, -0.05) is 0 Å². The van der Waals surface area contributed by atoms with Crippen LogP contribution in [0.3, 0.4) is 0 Å². The number of carbonyl (C=O) groups is 2. The minimum absolute atomic E-state index is 0.0177. The van der Waals surface area contributed by atoms with Gasteiger partial charge >= 0.3 is 11.9 Å². The van der Waals surface area contributed by atoms with Gasteiger partial charge in [-0.3, -0.25) is 9.59 Å². The molecule has 6 nitrogen and oxygen atoms in total. The van der Waals surface area contributed by atoms with Crippen LogP contribution in [0.4, 0.5) is 0 Å². The summed E-state index contributed by atoms with van der Waals surface area (Å²) in [7, 11) is 0. The first kappa shape index (κ1) is 15.8. The highest BCUT2D eigenvalue weighted by Crippen LogP contribution is 2.47. The van der Waals surface area contributed by atoms with Crippen LogP contribution in [0.5, 0.6) is 0 Å². The van der Waals surface area contributed by atoms with Crippen molar-refractivity contribution in [1.29, 1.82) is 0 Å². The van der Waals surface area contributed by atoms with Gasteiger partial charge in [-0.25, -0.2) is 0 Å². The summed E-state index contributed by atoms with van der Waals surface area (Å²) in [5, 5.41) is 0. The summed E-state index contributed by atoms with van der Waals surface area (Å²) in [6.07, 6.45) is 6.98. The number of carbonyl (C=O) groups excluding carboxylic acids is 2. The van der Waals surface area contributed by atoms with Crippen LogP contribution in [0, 0.1) is 0 Å². The van der Waals surface area contributed by atoms with Crippen molar-refractivity contribution in [3.05, 3.63) is 23.7 Å². The van der Waals surface area contributed by atoms with Crippen LogP contribution < -0.4 is 0 Å². The van der Waals surface area contributed by atoms with Crippen LogP contribution in [-0.2, 0) is 28.5 Å². The van der Waals surface area contributed by atoms with E-state index in [4.69, 9.17) is 18.9 Å². The molecule has 4 unspecified atom stereocenters. The number of rotatable bonds is 5. The predicted molar refractivity (Wildman–Crippen MR) is 82.6 cm³/mol. The van der Waals surface area contributed by atoms with Gasteiger partial charge in [0.1, 0.15) is 23.7 Å². The second-order valence-corrected chi connectivity index (χ2v) is 7.42. The molecular formula is C18H22O6. The van der Waals surface area contributed by atoms with Gasteiger partial charge in [-0.15, -0.1) is 0 Å². The van der Waals surface area contributed by atoms with E-state index in [-0.39, 0.29) is 36.3 Å². The maximum atomic E-state index is 11.9. The molecule has 6 heteroatoms. The van der Waals surface area contributed by atoms with Crippen molar-refractivity contribution in [2.24, 2.45) is 0 Å². The Kier molecular flexibility index (Phi) is 3.58. The molecule has 0 N–H and O–H groups in total. The Morgan fingerprint density at radius 2 is 1.38 bits per heavy atom. The fourth-order valence-corrected chi connectivity index (χ4v) is 3.35. The largest absolute Gasteiger partial charge is 0.431 e. The van der Waals surface area contributed by atoms with Crippen LogP contribution in [0.25, 0.3) is 0 Å². The second-order valence-electron chi connectivity index (χ2n) is 7.42. The monoisotopic (exact) mass is 334 g/mol. The minimum atomic E-state index is -0.404. The van der Waals surface area contributed by atoms with Gasteiger partial charge in [0.25, 0.3) is 0 Å². The van der Waals surface area contributed by atoms with Crippen molar-refractivity contribution in [3.63, 3.8) is 0 Å². The molecule has 2 aliphatic carbocycles. The van der Waals surface area contributed by atoms with Crippen LogP contribution in [0.2, 0.25) is 0 Å². The Labute approximate surface area is 140 Å². The van der Waals surface area contributed by atoms with E-state index in [1.165, 1.54) is 0 Å². The molecule has 0 radical (unpaired) electrons. The van der Waals surface area contributed by atoms with Crippen molar-refractivity contribution in [2.75, 3.05) is 0 Å². The van der Waals surface area contributed by atoms with Crippen molar-refractivity contribution in [3.8, 4) is 0 Å². The van der Waals surface area contributed by atoms with Gasteiger partial charge in [0, 0.05) is 12.8 Å². The fraction of sp³-hybridized carbons (Fsp3) is 0.667. The molecule has 2 fully saturated rings. The van der Waals surface area contributed by atoms with Crippen molar-refractivity contribution in [2.45, 2.75) is 75.8 Å². The van der Waals surface area contributed by atoms with E-state index >= 15 is 0 Å². The Balaban J connectivity index is 1.19. The zero-order valence-corrected chi connectivity index (χ0v) is 14.0. The highest BCUT2D eigenvalue weighted by molar-refractivity contribution is 5.78. The zero-order chi connectivity index (χ0) is 16.9. The Bertz CT molecular complexity index is 594. The molecule has 0 spiro atoms. The highest BCUT2D eigenvalue weighted by Gasteiger charge is 2.53. The SMILES string of the molecule is CC12CCC(OC(=O)CCC(=O)OC3=CC4OC4(C)CC3)=CC1O2. The van der Waals surface area contributed by atoms with Gasteiger partial charge in [-0.2, -0.15) is 0 Å². The molecule has 0 amide bonds. The number of epoxide rings is 2. The third-order valence-corrected chi connectivity index (χ3v) is 5.31. The van der Waals surface area contributed by atoms with Crippen molar-refractivity contribution >= 4 is 11.9 Å². The van der Waals surface area contributed by atoms with E-state index < -0.39 is 11.9 Å². The lowest BCUT2D eigenvalue weighted by atomic mass is 9.95. The van der Waals surface area contributed by atoms with E-state index in [1.54, 1.807) is 0 Å². The molecule has 4 atom stereocenters. The number of esters is 2. The summed E-state index contributed by atoms with van der Waals surface area (Å²) in [6.45, 7) is 4.11. The average molecular weight is 334 g/mol. The van der Waals surface area contributed by atoms with Gasteiger partial charge in [0.05, 0.1) is 24.0 Å². The summed E-state index contributed by atoms with van der Waals surface area (Å²) in [6, 6.07) is 0. The molecule has 0 aromatic carbocycles. The predicted octanol–water partition coefficient (Wildman–Crippen LogP) is 2.52. The smallest absolute Gasteiger partial charge is 0.311 e. The minimum Gasteiger partial charge on any atom is -0.431 e. The Hall–Kier alpha value is -1.66. The van der Waals surface area contributed by atoms with Crippen LogP contribution in [-0.4, -0.2) is 35.3 Å². The third kappa shape index (κ3) is 3.13. The first-order valence-electron chi connectivity index (χ1n) is 8.55. The molecule has 0 aromatic rings. The highest BCUT2D eigenvalue weighted by atomic mass is 16.6. The van der Waals surface area contributed by atoms with E-state index in [2.05, 4.69) is 13.8 Å². The Morgan fingerprint density at radius 3 is 1.75 bits per heavy atom. The molecule has 4 aliphatic rings. The van der Waals surface area contributed by atoms with Gasteiger partial charge < -0.3 is 18.9 Å². The standard InChI is InChI=1S/C18H22O6/c1-17-7-5-11(9-13(17)23-17)21-15(19)3-4-16(20)22-12-6-8-18(2)14(10-12)24-18/h9-10,13-14H,3-8H2,1-2H3. The van der Waals surface area contributed by atoms with E-state index in [9.17, 15) is 9.59 Å². The lowest BCUT2D eigenvalue weighted by molar-refractivity contribution is -0.146. The first-order chi connectivity index (χ1) is 11.4. The number of allylic oxidation sites excluding steroid dienone is 2. The molecule has 2 heterocycles. The van der Waals surface area contributed by atoms with Gasteiger partial charge in [0.15, 0.2) is 0 Å². The third-order valence-electron chi connectivity index (χ3n) is 5.31. The first-order valence-corrected chi connectivity index (χ1v) is 8.55. The molecule has 0 aromatic heterocycles. The van der Waals surface area contributed by atoms with Crippen molar-refractivity contribution < 1.29 is 28.5 Å². The van der Waals surface area contributed by atoms with E-state index in [0.717, 1.165) is 12.8 Å². The van der Waals surface area contributed by atoms with E-state index in [0.29, 0.717) is 24.4 Å². The molecular weight excluding hydrogens is 312 g/mol. The Morgan fingerprint density at radius 1 is 0.958 bits per heavy atom. The number of ether oxygens (including phenoxy) is 4. The number of hydrogen-bond donors (Lipinski definition) is 0. The lowest BCUT2D eigenvalue weighted by Gasteiger charge is -2.15. The molecule has 4 rings (SSSR count). The van der Waals surface area contributed by atoms with Gasteiger partial charge in [0.2, 0.25) is 0 Å². The average Bonchev–Trinajstić information content (AvgIpc) is 3.38. The molecule has 130 valence electrons. The quantitative estimate of drug-likeness (QED) is 0.568. The molecule has 2 saturated heterocycles. The summed E-state index contributed by atoms with van der Waals surface area (Å²) in [5.41, 5.74) is -0.121. The van der Waals surface area contributed by atoms with Crippen LogP contribution in [0.15, 0.2) is 23.7 Å². The molecule has 0 bridgehead atoms. The zero-order valence-electron chi connectivity index (χ0n) is 14.0. The summed E-state index contributed by atoms with van der Waals surface area (Å²) in [5.74, 6) is 0.485. The van der Waals surface area contributed by atoms with Crippen LogP contribution >= 0.6 is 0 Å². The number of fused-ring (bicyclic) bond motifs is 2. The van der Waals surface area contributed by atoms with Crippen LogP contribution in [0.1, 0.15) is 52.4 Å². The number of hydrogen-bond acceptors (Lipinski definition) is 6. The second kappa shape index (κ2) is 5.43. The molecule has 24 heavy (non-hydrogen) atoms. The van der Waals surface area contributed by atoms with Crippen molar-refractivity contribution in [1.82, 2.24) is 0 Å². The fourth-order valence-electron chi connectivity index (χ4n) is 3.35. The van der Waals surface area contributed by atoms with E-state index in [1.807, 2.05) is 12.2 Å². The lowest BCUT2D eigenvalue weighted by Crippen LogP contribution is -2.18. The summed E-state index contributed by atoms with van der Waals surface area (Å²) < 4.78 is 21.7. The van der Waals surface area contributed by atoms with Gasteiger partial charge in [-0.05, 0) is 38.8 Å². The normalized spacial score (nSPS) is 38.9. The topological polar surface area (TPSA) is 77.7 Å². The maximum absolute atomic E-state index is 11.9.